The van der Waals surface area contributed by atoms with E-state index in [4.69, 9.17) is 4.98 Å². The molecule has 84 valence electrons. The smallest absolute Gasteiger partial charge is 0.129 e. The molecule has 0 radical (unpaired) electrons. The van der Waals surface area contributed by atoms with Crippen molar-refractivity contribution in [1.29, 1.82) is 0 Å². The topological polar surface area (TPSA) is 24.9 Å². The number of hydrogen-bond donors (Lipinski definition) is 1. The molecule has 1 aromatic carbocycles. The molecule has 2 nitrogen and oxygen atoms in total. The van der Waals surface area contributed by atoms with Gasteiger partial charge >= 0.3 is 0 Å². The van der Waals surface area contributed by atoms with Gasteiger partial charge in [0, 0.05) is 11.9 Å². The first-order valence-corrected chi connectivity index (χ1v) is 5.83. The Hall–Kier alpha value is -1.57. The Morgan fingerprint density at radius 3 is 2.75 bits per heavy atom. The van der Waals surface area contributed by atoms with Gasteiger partial charge in [-0.15, -0.1) is 0 Å². The van der Waals surface area contributed by atoms with E-state index in [1.165, 1.54) is 16.5 Å². The minimum Gasteiger partial charge on any atom is -0.370 e. The molecule has 0 atom stereocenters. The van der Waals surface area contributed by atoms with Crippen molar-refractivity contribution in [3.05, 3.63) is 35.4 Å². The molecule has 0 aliphatic carbocycles. The van der Waals surface area contributed by atoms with E-state index in [9.17, 15) is 0 Å². The molecule has 0 spiro atoms. The molecule has 1 heterocycles. The molecule has 2 rings (SSSR count). The van der Waals surface area contributed by atoms with Crippen molar-refractivity contribution in [2.45, 2.75) is 27.2 Å². The summed E-state index contributed by atoms with van der Waals surface area (Å²) in [5.74, 6) is 1.02. The van der Waals surface area contributed by atoms with Crippen LogP contribution < -0.4 is 5.32 Å². The molecule has 0 unspecified atom stereocenters. The van der Waals surface area contributed by atoms with Crippen LogP contribution in [-0.4, -0.2) is 11.5 Å². The zero-order chi connectivity index (χ0) is 11.5. The quantitative estimate of drug-likeness (QED) is 0.843. The van der Waals surface area contributed by atoms with Crippen LogP contribution in [0.5, 0.6) is 0 Å². The first-order valence-electron chi connectivity index (χ1n) is 5.83. The van der Waals surface area contributed by atoms with E-state index in [1.54, 1.807) is 0 Å². The van der Waals surface area contributed by atoms with Crippen molar-refractivity contribution in [2.75, 3.05) is 11.9 Å². The first kappa shape index (κ1) is 10.9. The number of aryl methyl sites for hydroxylation is 2. The second-order valence-corrected chi connectivity index (χ2v) is 4.23. The number of anilines is 1. The highest BCUT2D eigenvalue weighted by Gasteiger charge is 2.04. The predicted octanol–water partition coefficient (Wildman–Crippen LogP) is 3.67. The summed E-state index contributed by atoms with van der Waals surface area (Å²) in [6, 6.07) is 8.51. The van der Waals surface area contributed by atoms with Crippen LogP contribution in [0.1, 0.15) is 24.5 Å². The number of nitrogens with zero attached hydrogens (tertiary/aromatic N) is 1. The zero-order valence-electron chi connectivity index (χ0n) is 10.2. The lowest BCUT2D eigenvalue weighted by Crippen LogP contribution is -2.04. The third kappa shape index (κ3) is 2.01. The highest BCUT2D eigenvalue weighted by atomic mass is 15.0. The minimum atomic E-state index is 0.977. The van der Waals surface area contributed by atoms with E-state index in [2.05, 4.69) is 50.4 Å². The second kappa shape index (κ2) is 4.52. The molecule has 0 aliphatic heterocycles. The Morgan fingerprint density at radius 2 is 2.00 bits per heavy atom. The third-order valence-corrected chi connectivity index (χ3v) is 2.78. The lowest BCUT2D eigenvalue weighted by molar-refractivity contribution is 0.968. The molecule has 0 amide bonds. The summed E-state index contributed by atoms with van der Waals surface area (Å²) in [5.41, 5.74) is 3.55. The number of para-hydroxylation sites is 1. The highest BCUT2D eigenvalue weighted by molar-refractivity contribution is 5.84. The van der Waals surface area contributed by atoms with Gasteiger partial charge in [-0.25, -0.2) is 4.98 Å². The molecule has 0 saturated carbocycles. The molecular weight excluding hydrogens is 196 g/mol. The summed E-state index contributed by atoms with van der Waals surface area (Å²) in [6.45, 7) is 7.35. The van der Waals surface area contributed by atoms with E-state index in [0.717, 1.165) is 24.3 Å². The van der Waals surface area contributed by atoms with Crippen LogP contribution >= 0.6 is 0 Å². The molecule has 1 aromatic heterocycles. The number of nitrogens with one attached hydrogen (secondary N) is 1. The molecule has 1 N–H and O–H groups in total. The number of pyridine rings is 1. The number of benzene rings is 1. The fraction of sp³-hybridized carbons (Fsp3) is 0.357. The molecule has 2 heteroatoms. The average molecular weight is 214 g/mol. The van der Waals surface area contributed by atoms with Crippen LogP contribution in [0.15, 0.2) is 24.3 Å². The Balaban J connectivity index is 2.51. The van der Waals surface area contributed by atoms with Gasteiger partial charge in [-0.3, -0.25) is 0 Å². The third-order valence-electron chi connectivity index (χ3n) is 2.78. The molecular formula is C14H18N2. The van der Waals surface area contributed by atoms with E-state index < -0.39 is 0 Å². The summed E-state index contributed by atoms with van der Waals surface area (Å²) in [7, 11) is 0. The monoisotopic (exact) mass is 214 g/mol. The maximum Gasteiger partial charge on any atom is 0.129 e. The van der Waals surface area contributed by atoms with Crippen LogP contribution in [0.2, 0.25) is 0 Å². The molecule has 0 aliphatic rings. The Labute approximate surface area is 96.7 Å². The summed E-state index contributed by atoms with van der Waals surface area (Å²) in [4.78, 5) is 4.70. The van der Waals surface area contributed by atoms with Crippen molar-refractivity contribution >= 4 is 16.7 Å². The van der Waals surface area contributed by atoms with Crippen molar-refractivity contribution in [1.82, 2.24) is 4.98 Å². The SMILES string of the molecule is CCCNc1nc2c(C)cccc2cc1C. The van der Waals surface area contributed by atoms with Gasteiger partial charge in [-0.1, -0.05) is 25.1 Å². The molecule has 0 fully saturated rings. The number of aromatic nitrogens is 1. The summed E-state index contributed by atoms with van der Waals surface area (Å²) in [5, 5.41) is 4.59. The fourth-order valence-corrected chi connectivity index (χ4v) is 1.87. The standard InChI is InChI=1S/C14H18N2/c1-4-8-15-14-11(3)9-12-7-5-6-10(2)13(12)16-14/h5-7,9H,4,8H2,1-3H3,(H,15,16). The van der Waals surface area contributed by atoms with Gasteiger partial charge in [-0.05, 0) is 37.5 Å². The van der Waals surface area contributed by atoms with E-state index >= 15 is 0 Å². The van der Waals surface area contributed by atoms with Crippen LogP contribution in [0.3, 0.4) is 0 Å². The highest BCUT2D eigenvalue weighted by Crippen LogP contribution is 2.22. The van der Waals surface area contributed by atoms with Gasteiger partial charge in [0.25, 0.3) is 0 Å². The van der Waals surface area contributed by atoms with Crippen LogP contribution in [0.4, 0.5) is 5.82 Å². The van der Waals surface area contributed by atoms with E-state index in [1.807, 2.05) is 0 Å². The summed E-state index contributed by atoms with van der Waals surface area (Å²) < 4.78 is 0. The molecule has 2 aromatic rings. The molecule has 0 bridgehead atoms. The zero-order valence-corrected chi connectivity index (χ0v) is 10.2. The number of hydrogen-bond acceptors (Lipinski definition) is 2. The maximum atomic E-state index is 4.70. The number of fused-ring (bicyclic) bond motifs is 1. The summed E-state index contributed by atoms with van der Waals surface area (Å²) in [6.07, 6.45) is 1.12. The predicted molar refractivity (Wildman–Crippen MR) is 70.0 cm³/mol. The van der Waals surface area contributed by atoms with Crippen molar-refractivity contribution < 1.29 is 0 Å². The Morgan fingerprint density at radius 1 is 1.19 bits per heavy atom. The summed E-state index contributed by atoms with van der Waals surface area (Å²) >= 11 is 0. The largest absolute Gasteiger partial charge is 0.370 e. The van der Waals surface area contributed by atoms with E-state index in [0.29, 0.717) is 0 Å². The minimum absolute atomic E-state index is 0.977. The maximum absolute atomic E-state index is 4.70. The molecule has 16 heavy (non-hydrogen) atoms. The Kier molecular flexibility index (Phi) is 3.09. The van der Waals surface area contributed by atoms with Gasteiger partial charge in [0.1, 0.15) is 5.82 Å². The number of rotatable bonds is 3. The molecule has 0 saturated heterocycles. The van der Waals surface area contributed by atoms with Crippen LogP contribution in [0, 0.1) is 13.8 Å². The second-order valence-electron chi connectivity index (χ2n) is 4.23. The van der Waals surface area contributed by atoms with Gasteiger partial charge in [0.15, 0.2) is 0 Å². The average Bonchev–Trinajstić information content (AvgIpc) is 2.27. The lowest BCUT2D eigenvalue weighted by Gasteiger charge is -2.10. The van der Waals surface area contributed by atoms with Gasteiger partial charge in [-0.2, -0.15) is 0 Å². The fourth-order valence-electron chi connectivity index (χ4n) is 1.87. The van der Waals surface area contributed by atoms with Crippen molar-refractivity contribution in [2.24, 2.45) is 0 Å². The van der Waals surface area contributed by atoms with E-state index in [-0.39, 0.29) is 0 Å². The lowest BCUT2D eigenvalue weighted by atomic mass is 10.1. The van der Waals surface area contributed by atoms with Crippen LogP contribution in [0.25, 0.3) is 10.9 Å². The van der Waals surface area contributed by atoms with Crippen molar-refractivity contribution in [3.63, 3.8) is 0 Å². The van der Waals surface area contributed by atoms with Gasteiger partial charge in [0.05, 0.1) is 5.52 Å². The first-order chi connectivity index (χ1) is 7.72. The van der Waals surface area contributed by atoms with Gasteiger partial charge < -0.3 is 5.32 Å². The normalized spacial score (nSPS) is 10.7. The van der Waals surface area contributed by atoms with Crippen molar-refractivity contribution in [3.8, 4) is 0 Å². The Bertz CT molecular complexity index is 503. The van der Waals surface area contributed by atoms with Gasteiger partial charge in [0.2, 0.25) is 0 Å². The van der Waals surface area contributed by atoms with Crippen LogP contribution in [-0.2, 0) is 0 Å².